The van der Waals surface area contributed by atoms with E-state index < -0.39 is 54.0 Å². The molecule has 1 rings (SSSR count). The number of nitrogens with zero attached hydrogens (tertiary/aromatic N) is 1. The molecule has 6 N–H and O–H groups in total. The zero-order valence-electron chi connectivity index (χ0n) is 14.7. The molecule has 3 amide bonds. The molecule has 11 heteroatoms. The minimum absolute atomic E-state index is 0.0265. The third kappa shape index (κ3) is 5.58. The van der Waals surface area contributed by atoms with E-state index >= 15 is 0 Å². The van der Waals surface area contributed by atoms with Crippen LogP contribution in [0.1, 0.15) is 26.7 Å². The van der Waals surface area contributed by atoms with Crippen molar-refractivity contribution in [2.45, 2.75) is 57.0 Å². The number of carbonyl (C=O) groups is 4. The SMILES string of the molecule is CC(NC(=O)C(N)C(C)O)C(=O)NC(CS)C(=O)N1CCCC1C(=O)O. The highest BCUT2D eigenvalue weighted by Crippen LogP contribution is 2.18. The quantitative estimate of drug-likeness (QED) is 0.254. The topological polar surface area (TPSA) is 162 Å². The number of carboxylic acids is 1. The van der Waals surface area contributed by atoms with Gasteiger partial charge in [-0.05, 0) is 26.7 Å². The van der Waals surface area contributed by atoms with E-state index in [0.717, 1.165) is 0 Å². The second kappa shape index (κ2) is 9.74. The van der Waals surface area contributed by atoms with E-state index in [1.54, 1.807) is 0 Å². The predicted molar refractivity (Wildman–Crippen MR) is 95.4 cm³/mol. The average molecular weight is 390 g/mol. The van der Waals surface area contributed by atoms with E-state index in [9.17, 15) is 29.4 Å². The lowest BCUT2D eigenvalue weighted by Crippen LogP contribution is -2.57. The van der Waals surface area contributed by atoms with Gasteiger partial charge in [0.1, 0.15) is 24.2 Å². The first-order valence-electron chi connectivity index (χ1n) is 8.28. The standard InChI is InChI=1S/C15H26N4O6S/c1-7(17-13(22)11(16)8(2)20)12(21)18-9(6-26)14(23)19-5-3-4-10(19)15(24)25/h7-11,20,26H,3-6,16H2,1-2H3,(H,17,22)(H,18,21)(H,24,25). The van der Waals surface area contributed by atoms with Crippen molar-refractivity contribution in [3.8, 4) is 0 Å². The summed E-state index contributed by atoms with van der Waals surface area (Å²) in [5.41, 5.74) is 5.49. The Kier molecular flexibility index (Phi) is 8.31. The van der Waals surface area contributed by atoms with Crippen LogP contribution in [0.2, 0.25) is 0 Å². The van der Waals surface area contributed by atoms with Crippen LogP contribution >= 0.6 is 12.6 Å². The Labute approximate surface area is 156 Å². The van der Waals surface area contributed by atoms with E-state index in [2.05, 4.69) is 23.3 Å². The summed E-state index contributed by atoms with van der Waals surface area (Å²) in [6.07, 6.45) is -0.155. The van der Waals surface area contributed by atoms with Crippen LogP contribution in [0.25, 0.3) is 0 Å². The number of hydrogen-bond donors (Lipinski definition) is 6. The molecule has 1 heterocycles. The normalized spacial score (nSPS) is 21.4. The number of carbonyl (C=O) groups excluding carboxylic acids is 3. The maximum atomic E-state index is 12.5. The second-order valence-electron chi connectivity index (χ2n) is 6.27. The first-order chi connectivity index (χ1) is 12.1. The number of amides is 3. The fourth-order valence-corrected chi connectivity index (χ4v) is 2.81. The van der Waals surface area contributed by atoms with Crippen LogP contribution in [-0.4, -0.2) is 81.4 Å². The summed E-state index contributed by atoms with van der Waals surface area (Å²) in [6, 6.07) is -4.12. The molecule has 0 spiro atoms. The van der Waals surface area contributed by atoms with Gasteiger partial charge in [0.25, 0.3) is 0 Å². The van der Waals surface area contributed by atoms with Gasteiger partial charge < -0.3 is 31.5 Å². The molecule has 5 atom stereocenters. The Bertz CT molecular complexity index is 558. The number of aliphatic hydroxyl groups is 1. The molecule has 10 nitrogen and oxygen atoms in total. The number of likely N-dealkylation sites (tertiary alicyclic amines) is 1. The highest BCUT2D eigenvalue weighted by molar-refractivity contribution is 7.80. The highest BCUT2D eigenvalue weighted by atomic mass is 32.1. The molecular weight excluding hydrogens is 364 g/mol. The molecule has 1 saturated heterocycles. The van der Waals surface area contributed by atoms with Gasteiger partial charge in [0.15, 0.2) is 0 Å². The van der Waals surface area contributed by atoms with Crippen molar-refractivity contribution in [1.82, 2.24) is 15.5 Å². The van der Waals surface area contributed by atoms with Gasteiger partial charge in [-0.3, -0.25) is 14.4 Å². The summed E-state index contributed by atoms with van der Waals surface area (Å²) in [5.74, 6) is -3.00. The smallest absolute Gasteiger partial charge is 0.326 e. The van der Waals surface area contributed by atoms with Gasteiger partial charge in [-0.15, -0.1) is 0 Å². The third-order valence-electron chi connectivity index (χ3n) is 4.19. The molecule has 1 aliphatic heterocycles. The molecule has 148 valence electrons. The molecule has 0 radical (unpaired) electrons. The third-order valence-corrected chi connectivity index (χ3v) is 4.56. The van der Waals surface area contributed by atoms with E-state index in [4.69, 9.17) is 5.73 Å². The van der Waals surface area contributed by atoms with Gasteiger partial charge >= 0.3 is 5.97 Å². The van der Waals surface area contributed by atoms with Crippen molar-refractivity contribution < 1.29 is 29.4 Å². The molecule has 0 saturated carbocycles. The molecule has 0 aromatic heterocycles. The van der Waals surface area contributed by atoms with Gasteiger partial charge in [-0.2, -0.15) is 12.6 Å². The van der Waals surface area contributed by atoms with Crippen molar-refractivity contribution in [2.24, 2.45) is 5.73 Å². The van der Waals surface area contributed by atoms with Crippen LogP contribution in [0.4, 0.5) is 0 Å². The number of thiol groups is 1. The van der Waals surface area contributed by atoms with Crippen LogP contribution in [-0.2, 0) is 19.2 Å². The largest absolute Gasteiger partial charge is 0.480 e. The zero-order chi connectivity index (χ0) is 20.0. The molecule has 0 bridgehead atoms. The molecule has 0 aromatic carbocycles. The van der Waals surface area contributed by atoms with Crippen LogP contribution in [0.3, 0.4) is 0 Å². The monoisotopic (exact) mass is 390 g/mol. The summed E-state index contributed by atoms with van der Waals surface area (Å²) in [5, 5.41) is 23.3. The zero-order valence-corrected chi connectivity index (χ0v) is 15.6. The number of aliphatic carboxylic acids is 1. The first-order valence-corrected chi connectivity index (χ1v) is 8.91. The Morgan fingerprint density at radius 1 is 1.23 bits per heavy atom. The summed E-state index contributed by atoms with van der Waals surface area (Å²) in [4.78, 5) is 49.0. The van der Waals surface area contributed by atoms with Crippen molar-refractivity contribution in [2.75, 3.05) is 12.3 Å². The van der Waals surface area contributed by atoms with Crippen molar-refractivity contribution in [3.05, 3.63) is 0 Å². The van der Waals surface area contributed by atoms with E-state index in [1.807, 2.05) is 0 Å². The van der Waals surface area contributed by atoms with E-state index in [-0.39, 0.29) is 5.75 Å². The highest BCUT2D eigenvalue weighted by Gasteiger charge is 2.37. The lowest BCUT2D eigenvalue weighted by atomic mass is 10.1. The van der Waals surface area contributed by atoms with Gasteiger partial charge in [-0.1, -0.05) is 0 Å². The maximum absolute atomic E-state index is 12.5. The average Bonchev–Trinajstić information content (AvgIpc) is 3.07. The second-order valence-corrected chi connectivity index (χ2v) is 6.63. The fourth-order valence-electron chi connectivity index (χ4n) is 2.56. The number of aliphatic hydroxyl groups excluding tert-OH is 1. The molecule has 0 aromatic rings. The maximum Gasteiger partial charge on any atom is 0.326 e. The van der Waals surface area contributed by atoms with Gasteiger partial charge in [0.2, 0.25) is 17.7 Å². The Hall–Kier alpha value is -1.85. The number of carboxylic acid groups (broad SMARTS) is 1. The van der Waals surface area contributed by atoms with Crippen LogP contribution in [0, 0.1) is 0 Å². The fraction of sp³-hybridized carbons (Fsp3) is 0.733. The summed E-state index contributed by atoms with van der Waals surface area (Å²) in [6.45, 7) is 3.04. The van der Waals surface area contributed by atoms with E-state index in [1.165, 1.54) is 18.7 Å². The van der Waals surface area contributed by atoms with Crippen molar-refractivity contribution in [3.63, 3.8) is 0 Å². The van der Waals surface area contributed by atoms with Crippen LogP contribution < -0.4 is 16.4 Å². The number of nitrogens with two attached hydrogens (primary N) is 1. The Balaban J connectivity index is 2.68. The van der Waals surface area contributed by atoms with E-state index in [0.29, 0.717) is 19.4 Å². The van der Waals surface area contributed by atoms with Gasteiger partial charge in [-0.25, -0.2) is 4.79 Å². The molecule has 0 aliphatic carbocycles. The number of rotatable bonds is 8. The molecule has 26 heavy (non-hydrogen) atoms. The summed E-state index contributed by atoms with van der Waals surface area (Å²) < 4.78 is 0. The van der Waals surface area contributed by atoms with Gasteiger partial charge in [0, 0.05) is 12.3 Å². The molecule has 1 aliphatic rings. The lowest BCUT2D eigenvalue weighted by molar-refractivity contribution is -0.149. The van der Waals surface area contributed by atoms with Crippen molar-refractivity contribution in [1.29, 1.82) is 0 Å². The van der Waals surface area contributed by atoms with Gasteiger partial charge in [0.05, 0.1) is 6.10 Å². The Morgan fingerprint density at radius 3 is 2.35 bits per heavy atom. The molecule has 5 unspecified atom stereocenters. The lowest BCUT2D eigenvalue weighted by Gasteiger charge is -2.27. The summed E-state index contributed by atoms with van der Waals surface area (Å²) in [7, 11) is 0. The van der Waals surface area contributed by atoms with Crippen molar-refractivity contribution >= 4 is 36.3 Å². The summed E-state index contributed by atoms with van der Waals surface area (Å²) >= 11 is 4.05. The first kappa shape index (κ1) is 22.2. The van der Waals surface area contributed by atoms with Crippen LogP contribution in [0.15, 0.2) is 0 Å². The molecule has 1 fully saturated rings. The number of nitrogens with one attached hydrogen (secondary N) is 2. The minimum Gasteiger partial charge on any atom is -0.480 e. The Morgan fingerprint density at radius 2 is 1.85 bits per heavy atom. The molecular formula is C15H26N4O6S. The number of hydrogen-bond acceptors (Lipinski definition) is 7. The van der Waals surface area contributed by atoms with Crippen LogP contribution in [0.5, 0.6) is 0 Å². The minimum atomic E-state index is -1.19. The predicted octanol–water partition coefficient (Wildman–Crippen LogP) is -2.31.